The van der Waals surface area contributed by atoms with Crippen LogP contribution in [0.1, 0.15) is 0 Å². The van der Waals surface area contributed by atoms with Crippen molar-refractivity contribution in [2.45, 2.75) is 0 Å². The van der Waals surface area contributed by atoms with Gasteiger partial charge in [0.1, 0.15) is 0 Å². The van der Waals surface area contributed by atoms with Gasteiger partial charge < -0.3 is 10.2 Å². The van der Waals surface area contributed by atoms with Crippen molar-refractivity contribution in [3.05, 3.63) is 67.4 Å². The molecule has 120 valence electrons. The van der Waals surface area contributed by atoms with Gasteiger partial charge in [0.25, 0.3) is 0 Å². The Hall–Kier alpha value is -2.01. The quantitative estimate of drug-likeness (QED) is 0.664. The van der Waals surface area contributed by atoms with Crippen molar-refractivity contribution in [2.75, 3.05) is 13.2 Å². The molecule has 0 spiro atoms. The van der Waals surface area contributed by atoms with Gasteiger partial charge in [0.05, 0.1) is 18.9 Å². The average molecular weight is 396 g/mol. The molecule has 0 amide bonds. The van der Waals surface area contributed by atoms with Crippen molar-refractivity contribution in [2.24, 2.45) is 0 Å². The molecule has 0 aromatic carbocycles. The molecule has 0 bridgehead atoms. The van der Waals surface area contributed by atoms with Crippen molar-refractivity contribution in [1.82, 2.24) is 15.0 Å². The van der Waals surface area contributed by atoms with Crippen LogP contribution in [-0.2, 0) is 19.5 Å². The molecule has 23 heavy (non-hydrogen) atoms. The fraction of sp³-hybridized carbons (Fsp3) is 0.118. The van der Waals surface area contributed by atoms with Crippen LogP contribution < -0.4 is 0 Å². The van der Waals surface area contributed by atoms with Gasteiger partial charge in [-0.3, -0.25) is 15.0 Å². The van der Waals surface area contributed by atoms with Gasteiger partial charge in [-0.2, -0.15) is 0 Å². The van der Waals surface area contributed by atoms with Gasteiger partial charge in [0.15, 0.2) is 0 Å². The summed E-state index contributed by atoms with van der Waals surface area (Å²) in [6.07, 6.45) is 8.99. The molecular weight excluding hydrogens is 379 g/mol. The second-order valence-electron chi connectivity index (χ2n) is 4.33. The molecule has 0 saturated heterocycles. The molecular formula is C17H17N3O2Ru. The SMILES string of the molecule is OCCO.[Ru].c1cncc(-c2cccnc2-c2cccnc2)c1. The molecule has 0 fully saturated rings. The topological polar surface area (TPSA) is 79.1 Å². The van der Waals surface area contributed by atoms with Crippen molar-refractivity contribution in [3.8, 4) is 22.4 Å². The predicted molar refractivity (Wildman–Crippen MR) is 84.9 cm³/mol. The molecule has 0 aliphatic rings. The van der Waals surface area contributed by atoms with E-state index < -0.39 is 0 Å². The van der Waals surface area contributed by atoms with Gasteiger partial charge in [-0.25, -0.2) is 0 Å². The molecule has 0 radical (unpaired) electrons. The molecule has 0 saturated carbocycles. The molecule has 5 nitrogen and oxygen atoms in total. The Kier molecular flexibility index (Phi) is 8.84. The van der Waals surface area contributed by atoms with Crippen LogP contribution in [0.15, 0.2) is 67.4 Å². The van der Waals surface area contributed by atoms with E-state index in [9.17, 15) is 0 Å². The zero-order chi connectivity index (χ0) is 15.6. The van der Waals surface area contributed by atoms with Crippen LogP contribution in [0.5, 0.6) is 0 Å². The number of aliphatic hydroxyl groups excluding tert-OH is 2. The molecule has 0 unspecified atom stereocenters. The Morgan fingerprint density at radius 3 is 1.83 bits per heavy atom. The van der Waals surface area contributed by atoms with E-state index in [0.29, 0.717) is 0 Å². The summed E-state index contributed by atoms with van der Waals surface area (Å²) in [5, 5.41) is 15.2. The second-order valence-corrected chi connectivity index (χ2v) is 4.33. The number of rotatable bonds is 3. The Morgan fingerprint density at radius 2 is 1.30 bits per heavy atom. The first-order chi connectivity index (χ1) is 10.9. The fourth-order valence-electron chi connectivity index (χ4n) is 1.89. The largest absolute Gasteiger partial charge is 0.394 e. The number of pyridine rings is 3. The van der Waals surface area contributed by atoms with Gasteiger partial charge in [0, 0.05) is 67.2 Å². The van der Waals surface area contributed by atoms with Gasteiger partial charge in [-0.1, -0.05) is 12.1 Å². The minimum absolute atomic E-state index is 0. The van der Waals surface area contributed by atoms with Crippen LogP contribution in [0.2, 0.25) is 0 Å². The zero-order valence-electron chi connectivity index (χ0n) is 12.4. The summed E-state index contributed by atoms with van der Waals surface area (Å²) in [6, 6.07) is 11.9. The molecule has 6 heteroatoms. The van der Waals surface area contributed by atoms with Crippen LogP contribution in [0.25, 0.3) is 22.4 Å². The second kappa shape index (κ2) is 10.7. The van der Waals surface area contributed by atoms with Crippen LogP contribution in [-0.4, -0.2) is 38.4 Å². The van der Waals surface area contributed by atoms with Gasteiger partial charge in [0.2, 0.25) is 0 Å². The van der Waals surface area contributed by atoms with E-state index in [1.165, 1.54) is 0 Å². The summed E-state index contributed by atoms with van der Waals surface area (Å²) in [5.74, 6) is 0. The van der Waals surface area contributed by atoms with Gasteiger partial charge >= 0.3 is 0 Å². The fourth-order valence-corrected chi connectivity index (χ4v) is 1.89. The molecule has 0 atom stereocenters. The van der Waals surface area contributed by atoms with Gasteiger partial charge in [-0.05, 0) is 24.3 Å². The maximum atomic E-state index is 7.62. The summed E-state index contributed by atoms with van der Waals surface area (Å²) in [6.45, 7) is -0.250. The standard InChI is InChI=1S/C15H11N3.C2H6O2.Ru/c1-4-12(10-16-7-1)14-6-3-9-18-15(14)13-5-2-8-17-11-13;3-1-2-4;/h1-11H;3-4H,1-2H2;. The molecule has 3 aromatic rings. The van der Waals surface area contributed by atoms with E-state index in [2.05, 4.69) is 15.0 Å². The third kappa shape index (κ3) is 5.60. The third-order valence-corrected chi connectivity index (χ3v) is 2.82. The summed E-state index contributed by atoms with van der Waals surface area (Å²) in [7, 11) is 0. The minimum Gasteiger partial charge on any atom is -0.394 e. The van der Waals surface area contributed by atoms with E-state index in [1.807, 2.05) is 48.8 Å². The number of hydrogen-bond acceptors (Lipinski definition) is 5. The number of aliphatic hydroxyl groups is 2. The molecule has 3 heterocycles. The summed E-state index contributed by atoms with van der Waals surface area (Å²) in [5.41, 5.74) is 4.07. The Balaban J connectivity index is 0.000000478. The molecule has 0 aliphatic carbocycles. The monoisotopic (exact) mass is 397 g/mol. The summed E-state index contributed by atoms with van der Waals surface area (Å²) in [4.78, 5) is 12.8. The van der Waals surface area contributed by atoms with Gasteiger partial charge in [-0.15, -0.1) is 0 Å². The number of hydrogen-bond donors (Lipinski definition) is 2. The number of aromatic nitrogens is 3. The Bertz CT molecular complexity index is 621. The minimum atomic E-state index is -0.125. The van der Waals surface area contributed by atoms with E-state index in [-0.39, 0.29) is 32.7 Å². The van der Waals surface area contributed by atoms with Crippen molar-refractivity contribution in [1.29, 1.82) is 0 Å². The van der Waals surface area contributed by atoms with E-state index in [1.54, 1.807) is 18.6 Å². The third-order valence-electron chi connectivity index (χ3n) is 2.82. The normalized spacial score (nSPS) is 9.30. The van der Waals surface area contributed by atoms with Crippen molar-refractivity contribution >= 4 is 0 Å². The van der Waals surface area contributed by atoms with Crippen molar-refractivity contribution < 1.29 is 29.7 Å². The predicted octanol–water partition coefficient (Wildman–Crippen LogP) is 2.17. The van der Waals surface area contributed by atoms with Crippen molar-refractivity contribution in [3.63, 3.8) is 0 Å². The van der Waals surface area contributed by atoms with Crippen LogP contribution >= 0.6 is 0 Å². The maximum absolute atomic E-state index is 7.62. The van der Waals surface area contributed by atoms with E-state index in [4.69, 9.17) is 10.2 Å². The van der Waals surface area contributed by atoms with Crippen LogP contribution in [0.4, 0.5) is 0 Å². The first-order valence-electron chi connectivity index (χ1n) is 6.84. The zero-order valence-corrected chi connectivity index (χ0v) is 14.1. The summed E-state index contributed by atoms with van der Waals surface area (Å²) >= 11 is 0. The van der Waals surface area contributed by atoms with E-state index in [0.717, 1.165) is 22.4 Å². The smallest absolute Gasteiger partial charge is 0.0796 e. The van der Waals surface area contributed by atoms with Crippen LogP contribution in [0.3, 0.4) is 0 Å². The molecule has 0 aliphatic heterocycles. The maximum Gasteiger partial charge on any atom is 0.0796 e. The Morgan fingerprint density at radius 1 is 0.739 bits per heavy atom. The molecule has 3 rings (SSSR count). The van der Waals surface area contributed by atoms with E-state index >= 15 is 0 Å². The Labute approximate surface area is 147 Å². The average Bonchev–Trinajstić information content (AvgIpc) is 2.63. The first kappa shape index (κ1) is 19.0. The molecule has 3 aromatic heterocycles. The van der Waals surface area contributed by atoms with Crippen LogP contribution in [0, 0.1) is 0 Å². The summed E-state index contributed by atoms with van der Waals surface area (Å²) < 4.78 is 0. The number of nitrogens with zero attached hydrogens (tertiary/aromatic N) is 3. The molecule has 2 N–H and O–H groups in total. The first-order valence-corrected chi connectivity index (χ1v) is 6.84.